The largest absolute Gasteiger partial charge is 0.493 e. The van der Waals surface area contributed by atoms with E-state index >= 15 is 0 Å². The highest BCUT2D eigenvalue weighted by Crippen LogP contribution is 2.34. The average molecular weight is 418 g/mol. The Labute approximate surface area is 177 Å². The number of likely N-dealkylation sites (tertiary alicyclic amines) is 1. The van der Waals surface area contributed by atoms with Gasteiger partial charge in [-0.05, 0) is 38.8 Å². The van der Waals surface area contributed by atoms with E-state index in [-0.39, 0.29) is 30.2 Å². The normalized spacial score (nSPS) is 20.4. The standard InChI is InChI=1S/C22H31N3O5/c1-14(2)25-13-15(11-19(25)26)20(27)24-22(9-5-6-10-22)21(28)23-16-7-8-17(29-3)18(12-16)30-4/h7-8,12,14-15H,5-6,9-11,13H2,1-4H3,(H,23,28)(H,24,27)/t15-/m0/s1. The summed E-state index contributed by atoms with van der Waals surface area (Å²) in [4.78, 5) is 40.1. The minimum Gasteiger partial charge on any atom is -0.493 e. The molecule has 0 spiro atoms. The van der Waals surface area contributed by atoms with Gasteiger partial charge in [-0.1, -0.05) is 12.8 Å². The highest BCUT2D eigenvalue weighted by Gasteiger charge is 2.45. The van der Waals surface area contributed by atoms with Crippen molar-refractivity contribution in [2.75, 3.05) is 26.1 Å². The molecule has 2 N–H and O–H groups in total. The maximum Gasteiger partial charge on any atom is 0.250 e. The second kappa shape index (κ2) is 8.93. The summed E-state index contributed by atoms with van der Waals surface area (Å²) in [5, 5.41) is 5.92. The van der Waals surface area contributed by atoms with Gasteiger partial charge in [0.05, 0.1) is 20.1 Å². The van der Waals surface area contributed by atoms with Crippen LogP contribution in [0.5, 0.6) is 11.5 Å². The van der Waals surface area contributed by atoms with Crippen molar-refractivity contribution >= 4 is 23.4 Å². The molecule has 2 aliphatic rings. The Kier molecular flexibility index (Phi) is 6.53. The van der Waals surface area contributed by atoms with E-state index in [1.54, 1.807) is 30.2 Å². The fraction of sp³-hybridized carbons (Fsp3) is 0.591. The minimum absolute atomic E-state index is 0.0135. The Bertz CT molecular complexity index is 817. The van der Waals surface area contributed by atoms with Gasteiger partial charge < -0.3 is 25.0 Å². The molecule has 164 valence electrons. The molecule has 1 aromatic carbocycles. The molecule has 1 aliphatic carbocycles. The topological polar surface area (TPSA) is 97.0 Å². The Morgan fingerprint density at radius 3 is 2.37 bits per heavy atom. The first-order valence-electron chi connectivity index (χ1n) is 10.4. The molecule has 2 fully saturated rings. The molecule has 1 aromatic rings. The Hall–Kier alpha value is -2.77. The zero-order valence-electron chi connectivity index (χ0n) is 18.1. The number of benzene rings is 1. The number of methoxy groups -OCH3 is 2. The van der Waals surface area contributed by atoms with Crippen LogP contribution in [0.1, 0.15) is 46.0 Å². The van der Waals surface area contributed by atoms with Crippen LogP contribution in [-0.4, -0.2) is 55.0 Å². The number of nitrogens with one attached hydrogen (secondary N) is 2. The van der Waals surface area contributed by atoms with E-state index in [1.807, 2.05) is 13.8 Å². The molecule has 1 aliphatic heterocycles. The minimum atomic E-state index is -0.960. The second-order valence-corrected chi connectivity index (χ2v) is 8.34. The van der Waals surface area contributed by atoms with Gasteiger partial charge in [0, 0.05) is 30.8 Å². The molecule has 0 unspecified atom stereocenters. The van der Waals surface area contributed by atoms with Crippen molar-refractivity contribution in [3.05, 3.63) is 18.2 Å². The molecule has 3 amide bonds. The van der Waals surface area contributed by atoms with Crippen molar-refractivity contribution in [2.45, 2.75) is 57.5 Å². The first kappa shape index (κ1) is 21.9. The molecule has 0 radical (unpaired) electrons. The maximum absolute atomic E-state index is 13.2. The molecule has 1 saturated heterocycles. The zero-order valence-corrected chi connectivity index (χ0v) is 18.1. The smallest absolute Gasteiger partial charge is 0.250 e. The van der Waals surface area contributed by atoms with Crippen molar-refractivity contribution in [3.8, 4) is 11.5 Å². The SMILES string of the molecule is COc1ccc(NC(=O)C2(NC(=O)[C@H]3CC(=O)N(C(C)C)C3)CCCC2)cc1OC. The molecule has 0 bridgehead atoms. The lowest BCUT2D eigenvalue weighted by atomic mass is 9.94. The van der Waals surface area contributed by atoms with Gasteiger partial charge >= 0.3 is 0 Å². The number of amides is 3. The van der Waals surface area contributed by atoms with E-state index in [4.69, 9.17) is 9.47 Å². The van der Waals surface area contributed by atoms with E-state index in [0.29, 0.717) is 36.6 Å². The van der Waals surface area contributed by atoms with E-state index in [2.05, 4.69) is 10.6 Å². The second-order valence-electron chi connectivity index (χ2n) is 8.34. The van der Waals surface area contributed by atoms with Crippen LogP contribution < -0.4 is 20.1 Å². The summed E-state index contributed by atoms with van der Waals surface area (Å²) in [5.74, 6) is 0.172. The predicted octanol–water partition coefficient (Wildman–Crippen LogP) is 2.33. The summed E-state index contributed by atoms with van der Waals surface area (Å²) < 4.78 is 10.5. The number of nitrogens with zero attached hydrogens (tertiary/aromatic N) is 1. The molecule has 3 rings (SSSR count). The monoisotopic (exact) mass is 417 g/mol. The van der Waals surface area contributed by atoms with Crippen molar-refractivity contribution in [2.24, 2.45) is 5.92 Å². The number of anilines is 1. The number of carbonyl (C=O) groups excluding carboxylic acids is 3. The lowest BCUT2D eigenvalue weighted by Crippen LogP contribution is -2.56. The van der Waals surface area contributed by atoms with Crippen LogP contribution in [0.3, 0.4) is 0 Å². The van der Waals surface area contributed by atoms with Crippen LogP contribution in [-0.2, 0) is 14.4 Å². The van der Waals surface area contributed by atoms with E-state index in [1.165, 1.54) is 7.11 Å². The first-order chi connectivity index (χ1) is 14.3. The van der Waals surface area contributed by atoms with Crippen LogP contribution in [0.15, 0.2) is 18.2 Å². The molecule has 1 saturated carbocycles. The van der Waals surface area contributed by atoms with Gasteiger partial charge in [0.2, 0.25) is 17.7 Å². The van der Waals surface area contributed by atoms with Crippen LogP contribution in [0, 0.1) is 5.92 Å². The van der Waals surface area contributed by atoms with Crippen molar-refractivity contribution in [1.82, 2.24) is 10.2 Å². The van der Waals surface area contributed by atoms with Crippen LogP contribution in [0.25, 0.3) is 0 Å². The summed E-state index contributed by atoms with van der Waals surface area (Å²) in [5.41, 5.74) is -0.390. The Morgan fingerprint density at radius 1 is 1.13 bits per heavy atom. The highest BCUT2D eigenvalue weighted by atomic mass is 16.5. The molecule has 8 heteroatoms. The molecule has 30 heavy (non-hydrogen) atoms. The van der Waals surface area contributed by atoms with Gasteiger partial charge in [-0.3, -0.25) is 14.4 Å². The predicted molar refractivity (Wildman–Crippen MR) is 112 cm³/mol. The van der Waals surface area contributed by atoms with Crippen molar-refractivity contribution < 1.29 is 23.9 Å². The van der Waals surface area contributed by atoms with Gasteiger partial charge in [0.15, 0.2) is 11.5 Å². The molecular weight excluding hydrogens is 386 g/mol. The van der Waals surface area contributed by atoms with E-state index in [0.717, 1.165) is 12.8 Å². The first-order valence-corrected chi connectivity index (χ1v) is 10.4. The molecule has 0 aromatic heterocycles. The van der Waals surface area contributed by atoms with Gasteiger partial charge in [-0.25, -0.2) is 0 Å². The number of rotatable bonds is 7. The van der Waals surface area contributed by atoms with Gasteiger partial charge in [-0.2, -0.15) is 0 Å². The fourth-order valence-corrected chi connectivity index (χ4v) is 4.30. The number of hydrogen-bond donors (Lipinski definition) is 2. The summed E-state index contributed by atoms with van der Waals surface area (Å²) in [6.45, 7) is 4.27. The highest BCUT2D eigenvalue weighted by molar-refractivity contribution is 6.01. The maximum atomic E-state index is 13.2. The van der Waals surface area contributed by atoms with Gasteiger partial charge in [-0.15, -0.1) is 0 Å². The van der Waals surface area contributed by atoms with Gasteiger partial charge in [0.25, 0.3) is 0 Å². The number of ether oxygens (including phenoxy) is 2. The zero-order chi connectivity index (χ0) is 21.9. The molecule has 8 nitrogen and oxygen atoms in total. The van der Waals surface area contributed by atoms with E-state index in [9.17, 15) is 14.4 Å². The van der Waals surface area contributed by atoms with Crippen molar-refractivity contribution in [1.29, 1.82) is 0 Å². The average Bonchev–Trinajstić information content (AvgIpc) is 3.35. The van der Waals surface area contributed by atoms with Crippen LogP contribution in [0.2, 0.25) is 0 Å². The molecular formula is C22H31N3O5. The summed E-state index contributed by atoms with van der Waals surface area (Å²) in [7, 11) is 3.08. The number of carbonyl (C=O) groups is 3. The summed E-state index contributed by atoms with van der Waals surface area (Å²) in [6, 6.07) is 5.21. The fourth-order valence-electron chi connectivity index (χ4n) is 4.30. The van der Waals surface area contributed by atoms with Gasteiger partial charge in [0.1, 0.15) is 5.54 Å². The van der Waals surface area contributed by atoms with E-state index < -0.39 is 11.5 Å². The van der Waals surface area contributed by atoms with Crippen LogP contribution in [0.4, 0.5) is 5.69 Å². The summed E-state index contributed by atoms with van der Waals surface area (Å²) >= 11 is 0. The van der Waals surface area contributed by atoms with Crippen LogP contribution >= 0.6 is 0 Å². The van der Waals surface area contributed by atoms with Crippen molar-refractivity contribution in [3.63, 3.8) is 0 Å². The Balaban J connectivity index is 1.72. The molecule has 1 atom stereocenters. The lowest BCUT2D eigenvalue weighted by molar-refractivity contribution is -0.133. The Morgan fingerprint density at radius 2 is 1.80 bits per heavy atom. The quantitative estimate of drug-likeness (QED) is 0.710. The third kappa shape index (κ3) is 4.37. The third-order valence-electron chi connectivity index (χ3n) is 6.05. The summed E-state index contributed by atoms with van der Waals surface area (Å²) in [6.07, 6.45) is 3.07. The lowest BCUT2D eigenvalue weighted by Gasteiger charge is -2.30. The third-order valence-corrected chi connectivity index (χ3v) is 6.05. The molecule has 1 heterocycles. The number of hydrogen-bond acceptors (Lipinski definition) is 5.